The van der Waals surface area contributed by atoms with E-state index in [0.29, 0.717) is 24.4 Å². The molecular formula is C27H44O3Si. The third-order valence-corrected chi connectivity index (χ3v) is 12.0. The smallest absolute Gasteiger partial charge is 0.192 e. The minimum absolute atomic E-state index is 0.0985. The standard InChI is InChI=1S/C27H44O3Si/c1-19(2)22-15-14-20(3)16-24(22)25(28)17-21(18-30-31(8,9)27(4,5)6)23-12-10-11-13-26(23)29-7/h10-13,17,19-20,22,24H,14-16,18H2,1-9H3/b21-17+/t20-,22+,24-/m1/s1. The summed E-state index contributed by atoms with van der Waals surface area (Å²) in [6.45, 7) is 18.5. The maximum Gasteiger partial charge on any atom is 0.192 e. The summed E-state index contributed by atoms with van der Waals surface area (Å²) in [4.78, 5) is 13.6. The van der Waals surface area contributed by atoms with Crippen molar-refractivity contribution in [2.75, 3.05) is 13.7 Å². The van der Waals surface area contributed by atoms with E-state index < -0.39 is 8.32 Å². The number of para-hydroxylation sites is 1. The van der Waals surface area contributed by atoms with Crippen LogP contribution in [-0.4, -0.2) is 27.8 Å². The van der Waals surface area contributed by atoms with Crippen molar-refractivity contribution < 1.29 is 14.0 Å². The van der Waals surface area contributed by atoms with Crippen LogP contribution in [0, 0.1) is 23.7 Å². The SMILES string of the molecule is COc1ccccc1/C(=C/C(=O)[C@@H]1C[C@H](C)CC[C@H]1C(C)C)CO[Si](C)(C)C(C)(C)C. The van der Waals surface area contributed by atoms with Crippen molar-refractivity contribution in [3.8, 4) is 5.75 Å². The van der Waals surface area contributed by atoms with Crippen molar-refractivity contribution >= 4 is 19.7 Å². The van der Waals surface area contributed by atoms with Crippen LogP contribution in [0.4, 0.5) is 0 Å². The number of ketones is 1. The topological polar surface area (TPSA) is 35.5 Å². The summed E-state index contributed by atoms with van der Waals surface area (Å²) < 4.78 is 12.2. The average Bonchev–Trinajstić information content (AvgIpc) is 2.69. The molecule has 4 heteroatoms. The summed E-state index contributed by atoms with van der Waals surface area (Å²) in [6.07, 6.45) is 5.24. The van der Waals surface area contributed by atoms with Gasteiger partial charge >= 0.3 is 0 Å². The Balaban J connectivity index is 2.41. The Morgan fingerprint density at radius 3 is 2.42 bits per heavy atom. The number of methoxy groups -OCH3 is 1. The van der Waals surface area contributed by atoms with Crippen LogP contribution < -0.4 is 4.74 Å². The number of allylic oxidation sites excluding steroid dienone is 1. The van der Waals surface area contributed by atoms with E-state index in [1.54, 1.807) is 7.11 Å². The fourth-order valence-electron chi connectivity index (χ4n) is 4.39. The van der Waals surface area contributed by atoms with Gasteiger partial charge in [0.2, 0.25) is 0 Å². The van der Waals surface area contributed by atoms with Gasteiger partial charge in [-0.15, -0.1) is 0 Å². The highest BCUT2D eigenvalue weighted by Crippen LogP contribution is 2.40. The summed E-state index contributed by atoms with van der Waals surface area (Å²) in [5, 5.41) is 0.116. The third-order valence-electron chi connectivity index (χ3n) is 7.55. The minimum atomic E-state index is -1.95. The van der Waals surface area contributed by atoms with Gasteiger partial charge in [0, 0.05) is 11.5 Å². The quantitative estimate of drug-likeness (QED) is 0.310. The number of ether oxygens (including phenoxy) is 1. The van der Waals surface area contributed by atoms with Gasteiger partial charge in [-0.3, -0.25) is 4.79 Å². The molecule has 1 aromatic carbocycles. The molecule has 3 atom stereocenters. The molecule has 0 bridgehead atoms. The van der Waals surface area contributed by atoms with Gasteiger partial charge < -0.3 is 9.16 Å². The van der Waals surface area contributed by atoms with Crippen molar-refractivity contribution in [3.05, 3.63) is 35.9 Å². The number of benzene rings is 1. The summed E-state index contributed by atoms with van der Waals surface area (Å²) in [6, 6.07) is 7.96. The maximum absolute atomic E-state index is 13.6. The lowest BCUT2D eigenvalue weighted by Gasteiger charge is -2.37. The first-order valence-electron chi connectivity index (χ1n) is 11.9. The predicted molar refractivity (Wildman–Crippen MR) is 134 cm³/mol. The highest BCUT2D eigenvalue weighted by atomic mass is 28.4. The molecule has 1 aromatic rings. The lowest BCUT2D eigenvalue weighted by atomic mass is 9.68. The van der Waals surface area contributed by atoms with E-state index in [9.17, 15) is 4.79 Å². The zero-order chi connectivity index (χ0) is 23.4. The van der Waals surface area contributed by atoms with E-state index in [1.165, 1.54) is 6.42 Å². The van der Waals surface area contributed by atoms with Crippen LogP contribution in [0.2, 0.25) is 18.1 Å². The molecule has 174 valence electrons. The molecule has 0 heterocycles. The van der Waals surface area contributed by atoms with E-state index in [4.69, 9.17) is 9.16 Å². The fraction of sp³-hybridized carbons (Fsp3) is 0.667. The highest BCUT2D eigenvalue weighted by molar-refractivity contribution is 6.74. The second-order valence-corrected chi connectivity index (χ2v) is 16.1. The molecule has 31 heavy (non-hydrogen) atoms. The average molecular weight is 445 g/mol. The molecule has 0 aromatic heterocycles. The molecule has 2 rings (SSSR count). The number of carbonyl (C=O) groups excluding carboxylic acids is 1. The van der Waals surface area contributed by atoms with Gasteiger partial charge in [0.25, 0.3) is 0 Å². The van der Waals surface area contributed by atoms with E-state index in [1.807, 2.05) is 30.3 Å². The second kappa shape index (κ2) is 10.5. The lowest BCUT2D eigenvalue weighted by Crippen LogP contribution is -2.41. The van der Waals surface area contributed by atoms with E-state index in [0.717, 1.165) is 29.7 Å². The first-order valence-corrected chi connectivity index (χ1v) is 14.8. The van der Waals surface area contributed by atoms with Crippen LogP contribution in [0.15, 0.2) is 30.3 Å². The van der Waals surface area contributed by atoms with Crippen molar-refractivity contribution in [2.24, 2.45) is 23.7 Å². The molecule has 0 spiro atoms. The first-order chi connectivity index (χ1) is 14.4. The van der Waals surface area contributed by atoms with Gasteiger partial charge in [-0.2, -0.15) is 0 Å². The van der Waals surface area contributed by atoms with E-state index in [-0.39, 0.29) is 16.7 Å². The number of rotatable bonds is 8. The molecule has 1 fully saturated rings. The molecule has 0 saturated heterocycles. The Bertz CT molecular complexity index is 773. The van der Waals surface area contributed by atoms with Gasteiger partial charge in [0.05, 0.1) is 13.7 Å². The normalized spacial score (nSPS) is 23.2. The van der Waals surface area contributed by atoms with Gasteiger partial charge in [-0.25, -0.2) is 0 Å². The van der Waals surface area contributed by atoms with Crippen molar-refractivity contribution in [1.29, 1.82) is 0 Å². The Hall–Kier alpha value is -1.39. The number of hydrogen-bond acceptors (Lipinski definition) is 3. The van der Waals surface area contributed by atoms with Crippen LogP contribution in [0.5, 0.6) is 5.75 Å². The predicted octanol–water partition coefficient (Wildman–Crippen LogP) is 7.38. The third kappa shape index (κ3) is 6.55. The zero-order valence-corrected chi connectivity index (χ0v) is 22.2. The fourth-order valence-corrected chi connectivity index (χ4v) is 5.34. The van der Waals surface area contributed by atoms with Crippen molar-refractivity contribution in [1.82, 2.24) is 0 Å². The molecule has 0 unspecified atom stereocenters. The Morgan fingerprint density at radius 2 is 1.84 bits per heavy atom. The highest BCUT2D eigenvalue weighted by Gasteiger charge is 2.38. The van der Waals surface area contributed by atoms with Crippen LogP contribution in [0.1, 0.15) is 66.4 Å². The van der Waals surface area contributed by atoms with Crippen molar-refractivity contribution in [3.63, 3.8) is 0 Å². The maximum atomic E-state index is 13.6. The summed E-state index contributed by atoms with van der Waals surface area (Å²) >= 11 is 0. The lowest BCUT2D eigenvalue weighted by molar-refractivity contribution is -0.122. The second-order valence-electron chi connectivity index (χ2n) is 11.3. The molecular weight excluding hydrogens is 400 g/mol. The van der Waals surface area contributed by atoms with E-state index >= 15 is 0 Å². The van der Waals surface area contributed by atoms with E-state index in [2.05, 4.69) is 54.6 Å². The summed E-state index contributed by atoms with van der Waals surface area (Å²) in [5.41, 5.74) is 1.90. The number of carbonyl (C=O) groups is 1. The van der Waals surface area contributed by atoms with Crippen molar-refractivity contribution in [2.45, 2.75) is 78.9 Å². The summed E-state index contributed by atoms with van der Waals surface area (Å²) in [7, 11) is -0.269. The van der Waals surface area contributed by atoms with Gasteiger partial charge in [-0.05, 0) is 66.4 Å². The molecule has 0 aliphatic heterocycles. The largest absolute Gasteiger partial charge is 0.496 e. The van der Waals surface area contributed by atoms with Crippen LogP contribution in [0.3, 0.4) is 0 Å². The Kier molecular flexibility index (Phi) is 8.75. The van der Waals surface area contributed by atoms with Gasteiger partial charge in [0.15, 0.2) is 14.1 Å². The Labute approximate surface area is 191 Å². The molecule has 1 aliphatic rings. The van der Waals surface area contributed by atoms with Gasteiger partial charge in [0.1, 0.15) is 5.75 Å². The molecule has 0 N–H and O–H groups in total. The summed E-state index contributed by atoms with van der Waals surface area (Å²) in [5.74, 6) is 2.73. The molecule has 0 amide bonds. The molecule has 1 aliphatic carbocycles. The zero-order valence-electron chi connectivity index (χ0n) is 21.2. The van der Waals surface area contributed by atoms with Crippen LogP contribution >= 0.6 is 0 Å². The Morgan fingerprint density at radius 1 is 1.19 bits per heavy atom. The molecule has 0 radical (unpaired) electrons. The minimum Gasteiger partial charge on any atom is -0.496 e. The monoisotopic (exact) mass is 444 g/mol. The van der Waals surface area contributed by atoms with Crippen LogP contribution in [0.25, 0.3) is 5.57 Å². The van der Waals surface area contributed by atoms with Gasteiger partial charge in [-0.1, -0.05) is 66.2 Å². The van der Waals surface area contributed by atoms with Crippen LogP contribution in [-0.2, 0) is 9.22 Å². The molecule has 1 saturated carbocycles. The molecule has 3 nitrogen and oxygen atoms in total. The first kappa shape index (κ1) is 25.9. The number of hydrogen-bond donors (Lipinski definition) is 0.